The van der Waals surface area contributed by atoms with Crippen molar-refractivity contribution in [3.8, 4) is 0 Å². The Morgan fingerprint density at radius 1 is 1.56 bits per heavy atom. The van der Waals surface area contributed by atoms with Crippen LogP contribution < -0.4 is 5.32 Å². The molecule has 2 heterocycles. The normalized spacial score (nSPS) is 25.3. The number of ether oxygens (including phenoxy) is 1. The number of rotatable bonds is 5. The van der Waals surface area contributed by atoms with Crippen LogP contribution in [0.3, 0.4) is 0 Å². The van der Waals surface area contributed by atoms with Gasteiger partial charge in [-0.05, 0) is 37.9 Å². The zero-order valence-electron chi connectivity index (χ0n) is 11.0. The molecule has 1 fully saturated rings. The van der Waals surface area contributed by atoms with Gasteiger partial charge in [0.1, 0.15) is 5.82 Å². The Morgan fingerprint density at radius 3 is 3.00 bits per heavy atom. The molecule has 0 radical (unpaired) electrons. The fourth-order valence-electron chi connectivity index (χ4n) is 2.54. The fourth-order valence-corrected chi connectivity index (χ4v) is 2.54. The first-order valence-corrected chi connectivity index (χ1v) is 6.66. The molecule has 1 saturated heterocycles. The minimum Gasteiger partial charge on any atom is -0.378 e. The number of hydrogen-bond donors (Lipinski definition) is 1. The van der Waals surface area contributed by atoms with Gasteiger partial charge in [0.25, 0.3) is 0 Å². The number of aromatic nitrogens is 1. The smallest absolute Gasteiger partial charge is 0.141 e. The molecule has 100 valence electrons. The maximum Gasteiger partial charge on any atom is 0.141 e. The van der Waals surface area contributed by atoms with E-state index in [0.717, 1.165) is 31.6 Å². The summed E-state index contributed by atoms with van der Waals surface area (Å²) < 4.78 is 18.9. The standard InChI is InChI=1S/C14H21FN2O/c1-3-4-17-14(12-5-10(2)18-9-12)11-6-13(15)8-16-7-11/h6-8,10,12,14,17H,3-5,9H2,1-2H3. The Labute approximate surface area is 108 Å². The van der Waals surface area contributed by atoms with Crippen molar-refractivity contribution in [1.29, 1.82) is 0 Å². The second-order valence-electron chi connectivity index (χ2n) is 5.01. The van der Waals surface area contributed by atoms with Crippen molar-refractivity contribution >= 4 is 0 Å². The van der Waals surface area contributed by atoms with Crippen molar-refractivity contribution < 1.29 is 9.13 Å². The fraction of sp³-hybridized carbons (Fsp3) is 0.643. The van der Waals surface area contributed by atoms with Crippen LogP contribution in [0.15, 0.2) is 18.5 Å². The molecule has 1 aromatic rings. The minimum atomic E-state index is -0.275. The molecule has 0 bridgehead atoms. The lowest BCUT2D eigenvalue weighted by molar-refractivity contribution is 0.117. The second kappa shape index (κ2) is 6.25. The summed E-state index contributed by atoms with van der Waals surface area (Å²) in [7, 11) is 0. The monoisotopic (exact) mass is 252 g/mol. The van der Waals surface area contributed by atoms with Crippen molar-refractivity contribution in [3.63, 3.8) is 0 Å². The van der Waals surface area contributed by atoms with Crippen LogP contribution in [0.2, 0.25) is 0 Å². The third-order valence-corrected chi connectivity index (χ3v) is 3.40. The van der Waals surface area contributed by atoms with Gasteiger partial charge in [-0.15, -0.1) is 0 Å². The van der Waals surface area contributed by atoms with E-state index < -0.39 is 0 Å². The van der Waals surface area contributed by atoms with E-state index in [1.54, 1.807) is 12.3 Å². The highest BCUT2D eigenvalue weighted by atomic mass is 19.1. The van der Waals surface area contributed by atoms with Crippen LogP contribution in [-0.4, -0.2) is 24.2 Å². The molecule has 1 aliphatic heterocycles. The lowest BCUT2D eigenvalue weighted by Crippen LogP contribution is -2.29. The van der Waals surface area contributed by atoms with Crippen molar-refractivity contribution in [1.82, 2.24) is 10.3 Å². The summed E-state index contributed by atoms with van der Waals surface area (Å²) in [5, 5.41) is 3.49. The average molecular weight is 252 g/mol. The molecular formula is C14H21FN2O. The lowest BCUT2D eigenvalue weighted by Gasteiger charge is -2.24. The van der Waals surface area contributed by atoms with Crippen molar-refractivity contribution in [2.24, 2.45) is 5.92 Å². The average Bonchev–Trinajstić information content (AvgIpc) is 2.76. The van der Waals surface area contributed by atoms with E-state index in [1.807, 2.05) is 0 Å². The van der Waals surface area contributed by atoms with Gasteiger partial charge in [0, 0.05) is 18.2 Å². The zero-order valence-corrected chi connectivity index (χ0v) is 11.0. The van der Waals surface area contributed by atoms with Gasteiger partial charge in [-0.1, -0.05) is 6.92 Å². The van der Waals surface area contributed by atoms with Crippen LogP contribution in [0.1, 0.15) is 38.3 Å². The molecule has 0 amide bonds. The van der Waals surface area contributed by atoms with Crippen molar-refractivity contribution in [2.45, 2.75) is 38.8 Å². The van der Waals surface area contributed by atoms with Gasteiger partial charge < -0.3 is 10.1 Å². The molecule has 3 nitrogen and oxygen atoms in total. The van der Waals surface area contributed by atoms with E-state index >= 15 is 0 Å². The highest BCUT2D eigenvalue weighted by molar-refractivity contribution is 5.16. The van der Waals surface area contributed by atoms with Gasteiger partial charge in [-0.25, -0.2) is 4.39 Å². The molecule has 1 aromatic heterocycles. The Morgan fingerprint density at radius 2 is 2.39 bits per heavy atom. The molecule has 3 unspecified atom stereocenters. The van der Waals surface area contributed by atoms with E-state index in [9.17, 15) is 4.39 Å². The molecule has 0 spiro atoms. The minimum absolute atomic E-state index is 0.137. The van der Waals surface area contributed by atoms with E-state index in [1.165, 1.54) is 6.20 Å². The topological polar surface area (TPSA) is 34.2 Å². The summed E-state index contributed by atoms with van der Waals surface area (Å²) in [4.78, 5) is 3.95. The van der Waals surface area contributed by atoms with Gasteiger partial charge in [-0.2, -0.15) is 0 Å². The molecule has 4 heteroatoms. The number of halogens is 1. The predicted octanol–water partition coefficient (Wildman–Crippen LogP) is 2.69. The third kappa shape index (κ3) is 3.27. The van der Waals surface area contributed by atoms with Gasteiger partial charge in [0.15, 0.2) is 0 Å². The lowest BCUT2D eigenvalue weighted by atomic mass is 9.91. The molecule has 0 aliphatic carbocycles. The third-order valence-electron chi connectivity index (χ3n) is 3.40. The van der Waals surface area contributed by atoms with Gasteiger partial charge in [0.05, 0.1) is 18.9 Å². The van der Waals surface area contributed by atoms with Crippen LogP contribution >= 0.6 is 0 Å². The largest absolute Gasteiger partial charge is 0.378 e. The van der Waals surface area contributed by atoms with Gasteiger partial charge in [-0.3, -0.25) is 4.98 Å². The summed E-state index contributed by atoms with van der Waals surface area (Å²) in [5.74, 6) is 0.123. The molecule has 0 saturated carbocycles. The second-order valence-corrected chi connectivity index (χ2v) is 5.01. The van der Waals surface area contributed by atoms with Crippen LogP contribution in [0, 0.1) is 11.7 Å². The Kier molecular flexibility index (Phi) is 4.66. The molecular weight excluding hydrogens is 231 g/mol. The Hall–Kier alpha value is -1.00. The predicted molar refractivity (Wildman–Crippen MR) is 68.8 cm³/mol. The molecule has 3 atom stereocenters. The van der Waals surface area contributed by atoms with E-state index in [0.29, 0.717) is 12.0 Å². The van der Waals surface area contributed by atoms with Crippen molar-refractivity contribution in [3.05, 3.63) is 29.8 Å². The number of nitrogens with one attached hydrogen (secondary N) is 1. The van der Waals surface area contributed by atoms with Gasteiger partial charge in [0.2, 0.25) is 0 Å². The Balaban J connectivity index is 2.14. The summed E-state index contributed by atoms with van der Waals surface area (Å²) in [5.41, 5.74) is 0.922. The maximum absolute atomic E-state index is 13.3. The van der Waals surface area contributed by atoms with Gasteiger partial charge >= 0.3 is 0 Å². The number of pyridine rings is 1. The van der Waals surface area contributed by atoms with E-state index in [2.05, 4.69) is 24.1 Å². The van der Waals surface area contributed by atoms with Crippen molar-refractivity contribution in [2.75, 3.05) is 13.2 Å². The first kappa shape index (κ1) is 13.4. The van der Waals surface area contributed by atoms with Crippen LogP contribution in [-0.2, 0) is 4.74 Å². The number of nitrogens with zero attached hydrogens (tertiary/aromatic N) is 1. The van der Waals surface area contributed by atoms with E-state index in [4.69, 9.17) is 4.74 Å². The molecule has 2 rings (SSSR count). The van der Waals surface area contributed by atoms with Crippen LogP contribution in [0.4, 0.5) is 4.39 Å². The summed E-state index contributed by atoms with van der Waals surface area (Å²) in [6.45, 7) is 5.87. The maximum atomic E-state index is 13.3. The van der Waals surface area contributed by atoms with E-state index in [-0.39, 0.29) is 11.9 Å². The van der Waals surface area contributed by atoms with Crippen LogP contribution in [0.25, 0.3) is 0 Å². The zero-order chi connectivity index (χ0) is 13.0. The summed E-state index contributed by atoms with van der Waals surface area (Å²) >= 11 is 0. The molecule has 18 heavy (non-hydrogen) atoms. The highest BCUT2D eigenvalue weighted by Gasteiger charge is 2.30. The first-order valence-electron chi connectivity index (χ1n) is 6.66. The molecule has 1 N–H and O–H groups in total. The molecule has 0 aromatic carbocycles. The summed E-state index contributed by atoms with van der Waals surface area (Å²) in [6.07, 6.45) is 5.36. The quantitative estimate of drug-likeness (QED) is 0.875. The first-order chi connectivity index (χ1) is 8.70. The highest BCUT2D eigenvalue weighted by Crippen LogP contribution is 2.31. The summed E-state index contributed by atoms with van der Waals surface area (Å²) in [6, 6.07) is 1.71. The molecule has 1 aliphatic rings. The Bertz CT molecular complexity index is 386. The van der Waals surface area contributed by atoms with Crippen LogP contribution in [0.5, 0.6) is 0 Å². The SMILES string of the molecule is CCCNC(c1cncc(F)c1)C1COC(C)C1. The number of hydrogen-bond acceptors (Lipinski definition) is 3.